The van der Waals surface area contributed by atoms with Gasteiger partial charge in [-0.2, -0.15) is 0 Å². The Morgan fingerprint density at radius 1 is 1.48 bits per heavy atom. The Morgan fingerprint density at radius 3 is 2.76 bits per heavy atom. The maximum atomic E-state index is 11.7. The number of carbonyl (C=O) groups excluding carboxylic acids is 1. The van der Waals surface area contributed by atoms with E-state index in [0.29, 0.717) is 17.5 Å². The summed E-state index contributed by atoms with van der Waals surface area (Å²) in [5.74, 6) is -0.712. The average molecular weight is 292 g/mol. The number of benzene rings is 1. The van der Waals surface area contributed by atoms with Crippen molar-refractivity contribution in [2.75, 3.05) is 7.11 Å². The summed E-state index contributed by atoms with van der Waals surface area (Å²) in [5, 5.41) is 0. The van der Waals surface area contributed by atoms with Crippen LogP contribution in [0, 0.1) is 5.41 Å². The Morgan fingerprint density at radius 2 is 2.14 bits per heavy atom. The second-order valence-electron chi connectivity index (χ2n) is 5.84. The summed E-state index contributed by atoms with van der Waals surface area (Å²) in [6.07, 6.45) is 0.433. The van der Waals surface area contributed by atoms with E-state index in [0.717, 1.165) is 5.56 Å². The average Bonchev–Trinajstić information content (AvgIpc) is 2.72. The van der Waals surface area contributed by atoms with Crippen molar-refractivity contribution in [1.82, 2.24) is 4.57 Å². The first kappa shape index (κ1) is 15.3. The molecule has 21 heavy (non-hydrogen) atoms. The third-order valence-corrected chi connectivity index (χ3v) is 3.71. The molecule has 1 aromatic heterocycles. The highest BCUT2D eigenvalue weighted by atomic mass is 16.5. The molecule has 0 saturated heterocycles. The normalized spacial score (nSPS) is 13.4. The standard InChI is InChI=1S/C15H20N2O4/c1-15(2,13(18)20-4)8-10(16)9-5-6-11-12(7-9)21-14(19)17(11)3/h5-7,10H,8,16H2,1-4H3. The van der Waals surface area contributed by atoms with Gasteiger partial charge in [-0.15, -0.1) is 0 Å². The van der Waals surface area contributed by atoms with Gasteiger partial charge in [0.25, 0.3) is 0 Å². The van der Waals surface area contributed by atoms with Gasteiger partial charge >= 0.3 is 11.7 Å². The molecule has 1 aromatic carbocycles. The number of oxazole rings is 1. The lowest BCUT2D eigenvalue weighted by Crippen LogP contribution is -2.30. The van der Waals surface area contributed by atoms with Crippen molar-refractivity contribution in [2.24, 2.45) is 18.2 Å². The molecule has 6 nitrogen and oxygen atoms in total. The topological polar surface area (TPSA) is 87.5 Å². The number of rotatable bonds is 4. The van der Waals surface area contributed by atoms with Gasteiger partial charge < -0.3 is 14.9 Å². The number of methoxy groups -OCH3 is 1. The molecule has 2 N–H and O–H groups in total. The number of fused-ring (bicyclic) bond motifs is 1. The molecular formula is C15H20N2O4. The van der Waals surface area contributed by atoms with Gasteiger partial charge in [0.05, 0.1) is 18.0 Å². The van der Waals surface area contributed by atoms with Gasteiger partial charge in [-0.05, 0) is 38.0 Å². The van der Waals surface area contributed by atoms with E-state index in [1.54, 1.807) is 33.0 Å². The van der Waals surface area contributed by atoms with E-state index in [2.05, 4.69) is 0 Å². The molecule has 6 heteroatoms. The number of esters is 1. The van der Waals surface area contributed by atoms with E-state index < -0.39 is 11.2 Å². The second-order valence-corrected chi connectivity index (χ2v) is 5.84. The van der Waals surface area contributed by atoms with Crippen molar-refractivity contribution in [3.63, 3.8) is 0 Å². The third-order valence-electron chi connectivity index (χ3n) is 3.71. The number of aromatic nitrogens is 1. The van der Waals surface area contributed by atoms with Crippen LogP contribution in [0.25, 0.3) is 11.1 Å². The number of ether oxygens (including phenoxy) is 1. The van der Waals surface area contributed by atoms with Crippen LogP contribution in [0.5, 0.6) is 0 Å². The van der Waals surface area contributed by atoms with Crippen molar-refractivity contribution in [2.45, 2.75) is 26.3 Å². The van der Waals surface area contributed by atoms with Crippen molar-refractivity contribution in [1.29, 1.82) is 0 Å². The van der Waals surface area contributed by atoms with E-state index in [1.807, 2.05) is 6.07 Å². The molecule has 2 aromatic rings. The molecule has 2 rings (SSSR count). The first-order valence-corrected chi connectivity index (χ1v) is 6.70. The molecule has 0 radical (unpaired) electrons. The predicted octanol–water partition coefficient (Wildman–Crippen LogP) is 1.72. The zero-order valence-electron chi connectivity index (χ0n) is 12.7. The third kappa shape index (κ3) is 2.85. The van der Waals surface area contributed by atoms with Gasteiger partial charge in [-0.25, -0.2) is 4.79 Å². The Balaban J connectivity index is 2.29. The number of hydrogen-bond donors (Lipinski definition) is 1. The highest BCUT2D eigenvalue weighted by Crippen LogP contribution is 2.30. The van der Waals surface area contributed by atoms with E-state index >= 15 is 0 Å². The van der Waals surface area contributed by atoms with Crippen LogP contribution in [0.3, 0.4) is 0 Å². The van der Waals surface area contributed by atoms with Gasteiger partial charge in [0.2, 0.25) is 0 Å². The number of nitrogens with zero attached hydrogens (tertiary/aromatic N) is 1. The van der Waals surface area contributed by atoms with Gasteiger partial charge in [0.1, 0.15) is 0 Å². The van der Waals surface area contributed by atoms with Crippen LogP contribution in [0.2, 0.25) is 0 Å². The van der Waals surface area contributed by atoms with E-state index in [4.69, 9.17) is 14.9 Å². The molecule has 1 unspecified atom stereocenters. The molecule has 0 aliphatic heterocycles. The van der Waals surface area contributed by atoms with Crippen LogP contribution in [-0.4, -0.2) is 17.6 Å². The molecular weight excluding hydrogens is 272 g/mol. The number of aryl methyl sites for hydroxylation is 1. The molecule has 0 bridgehead atoms. The molecule has 0 aliphatic carbocycles. The van der Waals surface area contributed by atoms with E-state index in [-0.39, 0.29) is 12.0 Å². The van der Waals surface area contributed by atoms with Crippen LogP contribution in [0.4, 0.5) is 0 Å². The fourth-order valence-electron chi connectivity index (χ4n) is 2.41. The van der Waals surface area contributed by atoms with Gasteiger partial charge in [0.15, 0.2) is 5.58 Å². The Bertz CT molecular complexity index is 727. The monoisotopic (exact) mass is 292 g/mol. The lowest BCUT2D eigenvalue weighted by atomic mass is 9.84. The minimum Gasteiger partial charge on any atom is -0.469 e. The molecule has 0 aliphatic rings. The number of carbonyl (C=O) groups is 1. The largest absolute Gasteiger partial charge is 0.469 e. The minimum atomic E-state index is -0.680. The summed E-state index contributed by atoms with van der Waals surface area (Å²) < 4.78 is 11.4. The van der Waals surface area contributed by atoms with Crippen LogP contribution in [0.15, 0.2) is 27.4 Å². The van der Waals surface area contributed by atoms with Gasteiger partial charge in [0, 0.05) is 13.1 Å². The first-order valence-electron chi connectivity index (χ1n) is 6.70. The zero-order valence-corrected chi connectivity index (χ0v) is 12.7. The van der Waals surface area contributed by atoms with Crippen molar-refractivity contribution in [3.8, 4) is 0 Å². The summed E-state index contributed by atoms with van der Waals surface area (Å²) in [4.78, 5) is 23.2. The highest BCUT2D eigenvalue weighted by Gasteiger charge is 2.31. The molecule has 0 amide bonds. The predicted molar refractivity (Wildman–Crippen MR) is 78.8 cm³/mol. The van der Waals surface area contributed by atoms with Crippen molar-refractivity contribution >= 4 is 17.1 Å². The maximum Gasteiger partial charge on any atom is 0.419 e. The van der Waals surface area contributed by atoms with Crippen molar-refractivity contribution < 1.29 is 13.9 Å². The summed E-state index contributed by atoms with van der Waals surface area (Å²) in [6.45, 7) is 3.58. The van der Waals surface area contributed by atoms with E-state index in [1.165, 1.54) is 11.7 Å². The molecule has 0 saturated carbocycles. The summed E-state index contributed by atoms with van der Waals surface area (Å²) >= 11 is 0. The number of nitrogens with two attached hydrogens (primary N) is 1. The highest BCUT2D eigenvalue weighted by molar-refractivity contribution is 5.76. The lowest BCUT2D eigenvalue weighted by Gasteiger charge is -2.25. The summed E-state index contributed by atoms with van der Waals surface area (Å²) in [5.41, 5.74) is 7.51. The van der Waals surface area contributed by atoms with Crippen LogP contribution < -0.4 is 11.5 Å². The molecule has 1 heterocycles. The summed E-state index contributed by atoms with van der Waals surface area (Å²) in [6, 6.07) is 5.03. The van der Waals surface area contributed by atoms with Gasteiger partial charge in [-0.3, -0.25) is 9.36 Å². The van der Waals surface area contributed by atoms with Crippen LogP contribution in [0.1, 0.15) is 31.9 Å². The Labute approximate surface area is 122 Å². The fraction of sp³-hybridized carbons (Fsp3) is 0.467. The van der Waals surface area contributed by atoms with Crippen LogP contribution >= 0.6 is 0 Å². The summed E-state index contributed by atoms with van der Waals surface area (Å²) in [7, 11) is 3.01. The molecule has 1 atom stereocenters. The first-order chi connectivity index (χ1) is 9.76. The fourth-order valence-corrected chi connectivity index (χ4v) is 2.41. The lowest BCUT2D eigenvalue weighted by molar-refractivity contribution is -0.151. The molecule has 0 fully saturated rings. The zero-order chi connectivity index (χ0) is 15.8. The quantitative estimate of drug-likeness (QED) is 0.867. The minimum absolute atomic E-state index is 0.301. The van der Waals surface area contributed by atoms with Gasteiger partial charge in [-0.1, -0.05) is 6.07 Å². The van der Waals surface area contributed by atoms with Crippen LogP contribution in [-0.2, 0) is 16.6 Å². The Kier molecular flexibility index (Phi) is 3.91. The Hall–Kier alpha value is -2.08. The second kappa shape index (κ2) is 5.37. The SMILES string of the molecule is COC(=O)C(C)(C)CC(N)c1ccc2c(c1)oc(=O)n2C. The van der Waals surface area contributed by atoms with E-state index in [9.17, 15) is 9.59 Å². The van der Waals surface area contributed by atoms with Crippen molar-refractivity contribution in [3.05, 3.63) is 34.3 Å². The maximum absolute atomic E-state index is 11.7. The molecule has 114 valence electrons. The number of hydrogen-bond acceptors (Lipinski definition) is 5. The molecule has 0 spiro atoms. The smallest absolute Gasteiger partial charge is 0.419 e.